The van der Waals surface area contributed by atoms with Crippen molar-refractivity contribution in [2.75, 3.05) is 32.7 Å². The third kappa shape index (κ3) is 3.77. The third-order valence-electron chi connectivity index (χ3n) is 6.54. The van der Waals surface area contributed by atoms with Crippen molar-refractivity contribution in [1.82, 2.24) is 10.2 Å². The summed E-state index contributed by atoms with van der Waals surface area (Å²) in [5, 5.41) is 13.9. The van der Waals surface area contributed by atoms with Crippen molar-refractivity contribution in [3.05, 3.63) is 35.6 Å². The second-order valence-electron chi connectivity index (χ2n) is 8.30. The minimum atomic E-state index is -0.282. The zero-order valence-corrected chi connectivity index (χ0v) is 15.2. The lowest BCUT2D eigenvalue weighted by molar-refractivity contribution is -1.12. The molecule has 0 aliphatic carbocycles. The Kier molecular flexibility index (Phi) is 4.99. The second kappa shape index (κ2) is 7.25. The predicted octanol–water partition coefficient (Wildman–Crippen LogP) is 1.95. The van der Waals surface area contributed by atoms with Crippen LogP contribution in [0.25, 0.3) is 0 Å². The summed E-state index contributed by atoms with van der Waals surface area (Å²) in [6, 6.07) is 6.56. The lowest BCUT2D eigenvalue weighted by Crippen LogP contribution is -2.67. The smallest absolute Gasteiger partial charge is 0.281 e. The molecular formula is C20H29FN3O2+. The van der Waals surface area contributed by atoms with Gasteiger partial charge >= 0.3 is 0 Å². The number of rotatable bonds is 5. The van der Waals surface area contributed by atoms with E-state index < -0.39 is 0 Å². The summed E-state index contributed by atoms with van der Waals surface area (Å²) in [4.78, 5) is 15.1. The minimum Gasteiger partial charge on any atom is -0.347 e. The molecule has 0 saturated carbocycles. The number of amides is 1. The predicted molar refractivity (Wildman–Crippen MR) is 96.0 cm³/mol. The molecule has 0 aromatic heterocycles. The molecule has 1 aromatic rings. The van der Waals surface area contributed by atoms with Crippen LogP contribution in [0.5, 0.6) is 0 Å². The molecule has 6 heteroatoms. The fraction of sp³-hybridized carbons (Fsp3) is 0.650. The van der Waals surface area contributed by atoms with E-state index in [1.54, 1.807) is 0 Å². The summed E-state index contributed by atoms with van der Waals surface area (Å²) in [5.74, 6) is 0.435. The van der Waals surface area contributed by atoms with E-state index in [-0.39, 0.29) is 28.5 Å². The number of halogens is 1. The van der Waals surface area contributed by atoms with E-state index in [0.717, 1.165) is 70.4 Å². The first kappa shape index (κ1) is 17.9. The SMILES string of the molecule is O=C(N[C@H]1CCN(CCc2ccc(F)cc2)C1)C1CC2CC[N+]1(O)CC2. The molecule has 4 aliphatic heterocycles. The van der Waals surface area contributed by atoms with Gasteiger partial charge in [0.25, 0.3) is 5.91 Å². The van der Waals surface area contributed by atoms with Crippen LogP contribution < -0.4 is 5.32 Å². The van der Waals surface area contributed by atoms with Crippen LogP contribution in [0.4, 0.5) is 4.39 Å². The van der Waals surface area contributed by atoms with Crippen molar-refractivity contribution in [3.8, 4) is 0 Å². The van der Waals surface area contributed by atoms with Crippen molar-refractivity contribution in [2.24, 2.45) is 5.92 Å². The van der Waals surface area contributed by atoms with Crippen LogP contribution in [-0.2, 0) is 11.2 Å². The molecule has 1 amide bonds. The van der Waals surface area contributed by atoms with Crippen LogP contribution in [0.15, 0.2) is 24.3 Å². The van der Waals surface area contributed by atoms with Gasteiger partial charge in [0, 0.05) is 44.9 Å². The average Bonchev–Trinajstić information content (AvgIpc) is 3.09. The molecule has 5 rings (SSSR count). The number of piperidine rings is 3. The number of nitrogens with zero attached hydrogens (tertiary/aromatic N) is 2. The zero-order chi connectivity index (χ0) is 18.1. The van der Waals surface area contributed by atoms with Gasteiger partial charge in [-0.2, -0.15) is 4.65 Å². The molecule has 1 unspecified atom stereocenters. The quantitative estimate of drug-likeness (QED) is 0.787. The second-order valence-corrected chi connectivity index (χ2v) is 8.30. The standard InChI is InChI=1S/C20H28FN3O2/c21-17-3-1-15(2-4-17)5-9-23-10-6-18(14-23)22-20(25)19-13-16-7-11-24(19,26)12-8-16/h1-4,16,18-19,26H,5-14H2/p+1/t16?,18-,19?,24?/m0/s1. The molecule has 4 fully saturated rings. The summed E-state index contributed by atoms with van der Waals surface area (Å²) in [7, 11) is 0. The van der Waals surface area contributed by atoms with E-state index in [4.69, 9.17) is 0 Å². The number of hydrogen-bond donors (Lipinski definition) is 2. The number of carbonyl (C=O) groups excluding carboxylic acids is 1. The summed E-state index contributed by atoms with van der Waals surface area (Å²) in [6.07, 6.45) is 4.75. The Balaban J connectivity index is 1.25. The molecule has 5 nitrogen and oxygen atoms in total. The summed E-state index contributed by atoms with van der Waals surface area (Å²) in [5.41, 5.74) is 1.14. The van der Waals surface area contributed by atoms with Crippen LogP contribution in [0.3, 0.4) is 0 Å². The molecule has 4 aliphatic rings. The van der Waals surface area contributed by atoms with E-state index in [9.17, 15) is 14.4 Å². The number of hydrogen-bond acceptors (Lipinski definition) is 3. The Morgan fingerprint density at radius 1 is 1.23 bits per heavy atom. The first-order valence-corrected chi connectivity index (χ1v) is 9.88. The van der Waals surface area contributed by atoms with Gasteiger partial charge in [-0.3, -0.25) is 4.79 Å². The van der Waals surface area contributed by atoms with Crippen LogP contribution in [-0.4, -0.2) is 65.5 Å². The number of likely N-dealkylation sites (tertiary alicyclic amines) is 1. The van der Waals surface area contributed by atoms with Crippen LogP contribution in [0, 0.1) is 11.7 Å². The van der Waals surface area contributed by atoms with Gasteiger partial charge < -0.3 is 10.2 Å². The summed E-state index contributed by atoms with van der Waals surface area (Å²) >= 11 is 0. The van der Waals surface area contributed by atoms with E-state index in [1.165, 1.54) is 12.1 Å². The van der Waals surface area contributed by atoms with Crippen molar-refractivity contribution in [3.63, 3.8) is 0 Å². The van der Waals surface area contributed by atoms with Gasteiger partial charge in [-0.25, -0.2) is 9.60 Å². The van der Waals surface area contributed by atoms with Gasteiger partial charge in [-0.1, -0.05) is 12.1 Å². The molecule has 26 heavy (non-hydrogen) atoms. The molecule has 2 bridgehead atoms. The van der Waals surface area contributed by atoms with Crippen LogP contribution >= 0.6 is 0 Å². The lowest BCUT2D eigenvalue weighted by Gasteiger charge is -2.47. The molecule has 2 atom stereocenters. The minimum absolute atomic E-state index is 0.0299. The maximum atomic E-state index is 13.0. The van der Waals surface area contributed by atoms with Crippen molar-refractivity contribution >= 4 is 5.91 Å². The highest BCUT2D eigenvalue weighted by atomic mass is 19.1. The zero-order valence-electron chi connectivity index (χ0n) is 15.2. The fourth-order valence-electron chi connectivity index (χ4n) is 4.84. The van der Waals surface area contributed by atoms with Crippen molar-refractivity contribution in [1.29, 1.82) is 0 Å². The maximum absolute atomic E-state index is 13.0. The molecule has 4 heterocycles. The van der Waals surface area contributed by atoms with Gasteiger partial charge in [0.2, 0.25) is 0 Å². The molecule has 1 aromatic carbocycles. The Morgan fingerprint density at radius 2 is 1.96 bits per heavy atom. The van der Waals surface area contributed by atoms with Crippen molar-refractivity contribution < 1.29 is 19.0 Å². The topological polar surface area (TPSA) is 52.6 Å². The Hall–Kier alpha value is -1.50. The first-order valence-electron chi connectivity index (χ1n) is 9.88. The van der Waals surface area contributed by atoms with E-state index >= 15 is 0 Å². The molecular weight excluding hydrogens is 333 g/mol. The number of fused-ring (bicyclic) bond motifs is 3. The van der Waals surface area contributed by atoms with E-state index in [0.29, 0.717) is 5.92 Å². The van der Waals surface area contributed by atoms with Crippen molar-refractivity contribution in [2.45, 2.75) is 44.2 Å². The largest absolute Gasteiger partial charge is 0.347 e. The normalized spacial score (nSPS) is 34.2. The Labute approximate surface area is 154 Å². The number of nitrogens with one attached hydrogen (secondary N) is 1. The number of quaternary nitrogens is 1. The van der Waals surface area contributed by atoms with Gasteiger partial charge in [-0.05, 0) is 36.5 Å². The summed E-state index contributed by atoms with van der Waals surface area (Å²) < 4.78 is 12.9. The number of benzene rings is 1. The van der Waals surface area contributed by atoms with E-state index in [1.807, 2.05) is 12.1 Å². The van der Waals surface area contributed by atoms with E-state index in [2.05, 4.69) is 10.2 Å². The van der Waals surface area contributed by atoms with Crippen LogP contribution in [0.1, 0.15) is 31.2 Å². The number of carbonyl (C=O) groups is 1. The van der Waals surface area contributed by atoms with Gasteiger partial charge in [0.05, 0.1) is 0 Å². The van der Waals surface area contributed by atoms with Crippen LogP contribution in [0.2, 0.25) is 0 Å². The number of hydroxylamine groups is 3. The first-order chi connectivity index (χ1) is 12.5. The molecule has 0 spiro atoms. The highest BCUT2D eigenvalue weighted by Gasteiger charge is 2.51. The molecule has 4 saturated heterocycles. The summed E-state index contributed by atoms with van der Waals surface area (Å²) in [6.45, 7) is 4.19. The Bertz CT molecular complexity index is 643. The molecule has 0 radical (unpaired) electrons. The highest BCUT2D eigenvalue weighted by Crippen LogP contribution is 2.36. The lowest BCUT2D eigenvalue weighted by atomic mass is 9.82. The van der Waals surface area contributed by atoms with Gasteiger partial charge in [0.15, 0.2) is 6.04 Å². The monoisotopic (exact) mass is 362 g/mol. The van der Waals surface area contributed by atoms with Gasteiger partial charge in [0.1, 0.15) is 18.9 Å². The molecule has 2 N–H and O–H groups in total. The Morgan fingerprint density at radius 3 is 2.65 bits per heavy atom. The highest BCUT2D eigenvalue weighted by molar-refractivity contribution is 5.81. The van der Waals surface area contributed by atoms with Gasteiger partial charge in [-0.15, -0.1) is 0 Å². The fourth-order valence-corrected chi connectivity index (χ4v) is 4.84. The maximum Gasteiger partial charge on any atom is 0.281 e. The average molecular weight is 362 g/mol. The molecule has 142 valence electrons. The third-order valence-corrected chi connectivity index (χ3v) is 6.54.